The standard InChI is InChI=1S/C12H14N2O3/c1-2-14-7-10(16)13-11(12(14)17)8-3-5-9(15)6-4-8/h3-6,11,15H,2,7H2,1H3,(H,13,16)/t11-/m1/s1. The van der Waals surface area contributed by atoms with Gasteiger partial charge in [0.15, 0.2) is 0 Å². The predicted octanol–water partition coefficient (Wildman–Crippen LogP) is 0.412. The third-order valence-corrected chi connectivity index (χ3v) is 2.81. The molecular formula is C12H14N2O3. The Kier molecular flexibility index (Phi) is 2.99. The van der Waals surface area contributed by atoms with Crippen LogP contribution in [0.25, 0.3) is 0 Å². The number of hydrogen-bond acceptors (Lipinski definition) is 3. The number of carbonyl (C=O) groups excluding carboxylic acids is 2. The first-order valence-corrected chi connectivity index (χ1v) is 5.49. The van der Waals surface area contributed by atoms with Crippen molar-refractivity contribution in [2.45, 2.75) is 13.0 Å². The summed E-state index contributed by atoms with van der Waals surface area (Å²) in [7, 11) is 0. The molecule has 1 saturated heterocycles. The second-order valence-electron chi connectivity index (χ2n) is 3.94. The van der Waals surface area contributed by atoms with Crippen LogP contribution < -0.4 is 5.32 Å². The maximum atomic E-state index is 12.0. The molecule has 0 aliphatic carbocycles. The number of amides is 2. The van der Waals surface area contributed by atoms with Crippen LogP contribution in [0.4, 0.5) is 0 Å². The van der Waals surface area contributed by atoms with Crippen LogP contribution in [0, 0.1) is 0 Å². The van der Waals surface area contributed by atoms with Crippen LogP contribution in [-0.4, -0.2) is 34.9 Å². The topological polar surface area (TPSA) is 69.6 Å². The van der Waals surface area contributed by atoms with Crippen molar-refractivity contribution >= 4 is 11.8 Å². The molecule has 17 heavy (non-hydrogen) atoms. The van der Waals surface area contributed by atoms with Crippen molar-refractivity contribution in [3.8, 4) is 5.75 Å². The third kappa shape index (κ3) is 2.22. The van der Waals surface area contributed by atoms with Crippen molar-refractivity contribution in [1.29, 1.82) is 0 Å². The maximum Gasteiger partial charge on any atom is 0.250 e. The van der Waals surface area contributed by atoms with Crippen molar-refractivity contribution in [1.82, 2.24) is 10.2 Å². The van der Waals surface area contributed by atoms with Gasteiger partial charge in [-0.25, -0.2) is 0 Å². The zero-order chi connectivity index (χ0) is 12.4. The molecule has 1 aromatic carbocycles. The SMILES string of the molecule is CCN1CC(=O)N[C@H](c2ccc(O)cc2)C1=O. The minimum Gasteiger partial charge on any atom is -0.508 e. The zero-order valence-electron chi connectivity index (χ0n) is 9.51. The molecule has 2 N–H and O–H groups in total. The van der Waals surface area contributed by atoms with E-state index < -0.39 is 6.04 Å². The molecule has 0 aromatic heterocycles. The summed E-state index contributed by atoms with van der Waals surface area (Å²) in [4.78, 5) is 25.0. The molecule has 1 heterocycles. The van der Waals surface area contributed by atoms with Crippen LogP contribution in [0.5, 0.6) is 5.75 Å². The highest BCUT2D eigenvalue weighted by molar-refractivity contribution is 5.95. The summed E-state index contributed by atoms with van der Waals surface area (Å²) in [6, 6.07) is 5.63. The normalized spacial score (nSPS) is 20.3. The Labute approximate surface area is 99.0 Å². The molecule has 0 bridgehead atoms. The number of nitrogens with one attached hydrogen (secondary N) is 1. The van der Waals surface area contributed by atoms with Crippen molar-refractivity contribution in [3.05, 3.63) is 29.8 Å². The minimum absolute atomic E-state index is 0.113. The predicted molar refractivity (Wildman–Crippen MR) is 61.2 cm³/mol. The molecule has 2 rings (SSSR count). The highest BCUT2D eigenvalue weighted by Gasteiger charge is 2.32. The van der Waals surface area contributed by atoms with Crippen molar-refractivity contribution < 1.29 is 14.7 Å². The molecule has 0 radical (unpaired) electrons. The number of phenolic OH excluding ortho intramolecular Hbond substituents is 1. The number of likely N-dealkylation sites (N-methyl/N-ethyl adjacent to an activating group) is 1. The number of nitrogens with zero attached hydrogens (tertiary/aromatic N) is 1. The molecule has 1 atom stereocenters. The maximum absolute atomic E-state index is 12.0. The minimum atomic E-state index is -0.642. The van der Waals surface area contributed by atoms with Crippen molar-refractivity contribution in [3.63, 3.8) is 0 Å². The number of piperazine rings is 1. The van der Waals surface area contributed by atoms with Gasteiger partial charge in [-0.05, 0) is 24.6 Å². The Morgan fingerprint density at radius 1 is 1.35 bits per heavy atom. The van der Waals surface area contributed by atoms with Gasteiger partial charge in [-0.1, -0.05) is 12.1 Å². The van der Waals surface area contributed by atoms with E-state index in [1.807, 2.05) is 6.92 Å². The summed E-state index contributed by atoms with van der Waals surface area (Å²) in [5, 5.41) is 11.8. The molecule has 1 aliphatic rings. The van der Waals surface area contributed by atoms with E-state index in [0.29, 0.717) is 12.1 Å². The number of carbonyl (C=O) groups is 2. The van der Waals surface area contributed by atoms with Crippen molar-refractivity contribution in [2.75, 3.05) is 13.1 Å². The first-order chi connectivity index (χ1) is 8.11. The van der Waals surface area contributed by atoms with Gasteiger partial charge in [0, 0.05) is 6.54 Å². The Morgan fingerprint density at radius 2 is 2.00 bits per heavy atom. The molecule has 5 nitrogen and oxygen atoms in total. The van der Waals surface area contributed by atoms with Crippen LogP contribution in [0.1, 0.15) is 18.5 Å². The fraction of sp³-hybridized carbons (Fsp3) is 0.333. The first-order valence-electron chi connectivity index (χ1n) is 5.49. The average molecular weight is 234 g/mol. The van der Waals surface area contributed by atoms with Crippen LogP contribution in [-0.2, 0) is 9.59 Å². The molecule has 1 aromatic rings. The van der Waals surface area contributed by atoms with Crippen LogP contribution in [0.2, 0.25) is 0 Å². The first kappa shape index (κ1) is 11.4. The summed E-state index contributed by atoms with van der Waals surface area (Å²) < 4.78 is 0. The smallest absolute Gasteiger partial charge is 0.250 e. The Balaban J connectivity index is 2.27. The molecular weight excluding hydrogens is 220 g/mol. The van der Waals surface area contributed by atoms with E-state index in [-0.39, 0.29) is 24.1 Å². The molecule has 0 saturated carbocycles. The second kappa shape index (κ2) is 4.45. The van der Waals surface area contributed by atoms with E-state index in [4.69, 9.17) is 0 Å². The summed E-state index contributed by atoms with van der Waals surface area (Å²) in [5.74, 6) is -0.141. The lowest BCUT2D eigenvalue weighted by Crippen LogP contribution is -2.53. The quantitative estimate of drug-likeness (QED) is 0.778. The van der Waals surface area contributed by atoms with Gasteiger partial charge < -0.3 is 15.3 Å². The molecule has 1 aliphatic heterocycles. The average Bonchev–Trinajstić information content (AvgIpc) is 2.33. The van der Waals surface area contributed by atoms with Crippen LogP contribution in [0.15, 0.2) is 24.3 Å². The summed E-state index contributed by atoms with van der Waals surface area (Å²) in [5.41, 5.74) is 0.680. The van der Waals surface area contributed by atoms with E-state index in [2.05, 4.69) is 5.32 Å². The third-order valence-electron chi connectivity index (χ3n) is 2.81. The summed E-state index contributed by atoms with van der Waals surface area (Å²) in [6.45, 7) is 2.47. The second-order valence-corrected chi connectivity index (χ2v) is 3.94. The van der Waals surface area contributed by atoms with Crippen LogP contribution in [0.3, 0.4) is 0 Å². The van der Waals surface area contributed by atoms with Gasteiger partial charge in [0.1, 0.15) is 11.8 Å². The van der Waals surface area contributed by atoms with Gasteiger partial charge in [-0.2, -0.15) is 0 Å². The fourth-order valence-electron chi connectivity index (χ4n) is 1.86. The number of benzene rings is 1. The molecule has 90 valence electrons. The highest BCUT2D eigenvalue weighted by atomic mass is 16.3. The molecule has 1 fully saturated rings. The Bertz CT molecular complexity index is 442. The van der Waals surface area contributed by atoms with Gasteiger partial charge in [-0.15, -0.1) is 0 Å². The van der Waals surface area contributed by atoms with Gasteiger partial charge >= 0.3 is 0 Å². The number of aromatic hydroxyl groups is 1. The zero-order valence-corrected chi connectivity index (χ0v) is 9.51. The number of phenols is 1. The lowest BCUT2D eigenvalue weighted by atomic mass is 10.0. The monoisotopic (exact) mass is 234 g/mol. The fourth-order valence-corrected chi connectivity index (χ4v) is 1.86. The Morgan fingerprint density at radius 3 is 2.59 bits per heavy atom. The van der Waals surface area contributed by atoms with Crippen LogP contribution >= 0.6 is 0 Å². The van der Waals surface area contributed by atoms with Crippen molar-refractivity contribution in [2.24, 2.45) is 0 Å². The van der Waals surface area contributed by atoms with Gasteiger partial charge in [0.25, 0.3) is 0 Å². The molecule has 5 heteroatoms. The lowest BCUT2D eigenvalue weighted by molar-refractivity contribution is -0.144. The Hall–Kier alpha value is -2.04. The highest BCUT2D eigenvalue weighted by Crippen LogP contribution is 2.21. The van der Waals surface area contributed by atoms with Gasteiger partial charge in [0.05, 0.1) is 6.54 Å². The lowest BCUT2D eigenvalue weighted by Gasteiger charge is -2.31. The van der Waals surface area contributed by atoms with Gasteiger partial charge in [0.2, 0.25) is 11.8 Å². The molecule has 2 amide bonds. The van der Waals surface area contributed by atoms with E-state index in [1.165, 1.54) is 17.0 Å². The molecule has 0 unspecified atom stereocenters. The largest absolute Gasteiger partial charge is 0.508 e. The summed E-state index contributed by atoms with van der Waals surface area (Å²) in [6.07, 6.45) is 0. The van der Waals surface area contributed by atoms with E-state index in [0.717, 1.165) is 0 Å². The van der Waals surface area contributed by atoms with E-state index >= 15 is 0 Å². The summed E-state index contributed by atoms with van der Waals surface area (Å²) >= 11 is 0. The number of rotatable bonds is 2. The van der Waals surface area contributed by atoms with Gasteiger partial charge in [-0.3, -0.25) is 9.59 Å². The van der Waals surface area contributed by atoms with E-state index in [1.54, 1.807) is 12.1 Å². The van der Waals surface area contributed by atoms with E-state index in [9.17, 15) is 14.7 Å². The number of hydrogen-bond donors (Lipinski definition) is 2. The molecule has 0 spiro atoms.